The van der Waals surface area contributed by atoms with Crippen LogP contribution in [0.15, 0.2) is 53.5 Å². The number of nitrogens with zero attached hydrogens (tertiary/aromatic N) is 6. The number of aromatic nitrogens is 5. The van der Waals surface area contributed by atoms with Crippen molar-refractivity contribution in [3.05, 3.63) is 76.0 Å². The number of aldehydes is 1. The lowest BCUT2D eigenvalue weighted by Crippen LogP contribution is -2.30. The van der Waals surface area contributed by atoms with Gasteiger partial charge in [0.15, 0.2) is 11.9 Å². The third-order valence-corrected chi connectivity index (χ3v) is 6.30. The van der Waals surface area contributed by atoms with E-state index in [1.807, 2.05) is 81.9 Å². The van der Waals surface area contributed by atoms with Crippen molar-refractivity contribution in [2.24, 2.45) is 0 Å². The number of aliphatic hydroxyl groups excluding tert-OH is 1. The molecule has 1 saturated heterocycles. The second-order valence-corrected chi connectivity index (χ2v) is 8.37. The lowest BCUT2D eigenvalue weighted by molar-refractivity contribution is 0.112. The fraction of sp³-hybridized carbons (Fsp3) is 0.429. The number of para-hydroxylation sites is 1. The van der Waals surface area contributed by atoms with Crippen molar-refractivity contribution >= 4 is 17.8 Å². The van der Waals surface area contributed by atoms with Crippen LogP contribution in [0.4, 0.5) is 5.82 Å². The maximum Gasteiger partial charge on any atom is 0.282 e. The van der Waals surface area contributed by atoms with Crippen LogP contribution < -0.4 is 15.8 Å². The average Bonchev–Trinajstić information content (AvgIpc) is 3.67. The molecule has 3 aromatic heterocycles. The van der Waals surface area contributed by atoms with Crippen LogP contribution >= 0.6 is 0 Å². The van der Waals surface area contributed by atoms with Gasteiger partial charge in [-0.25, -0.2) is 14.2 Å². The molecule has 5 rings (SSSR count). The maximum atomic E-state index is 12.1. The van der Waals surface area contributed by atoms with E-state index in [-0.39, 0.29) is 11.1 Å². The lowest BCUT2D eigenvalue weighted by atomic mass is 10.3. The number of likely N-dealkylation sites (N-methyl/N-ethyl adjacent to an activating group) is 1. The molecule has 38 heavy (non-hydrogen) atoms. The summed E-state index contributed by atoms with van der Waals surface area (Å²) >= 11 is 0. The van der Waals surface area contributed by atoms with E-state index >= 15 is 0 Å². The van der Waals surface area contributed by atoms with Gasteiger partial charge in [-0.3, -0.25) is 14.3 Å². The van der Waals surface area contributed by atoms with Crippen molar-refractivity contribution in [3.63, 3.8) is 0 Å². The van der Waals surface area contributed by atoms with Gasteiger partial charge < -0.3 is 15.3 Å². The van der Waals surface area contributed by atoms with Crippen molar-refractivity contribution in [3.8, 4) is 5.69 Å². The molecule has 4 aromatic rings. The van der Waals surface area contributed by atoms with Gasteiger partial charge in [0.05, 0.1) is 17.6 Å². The summed E-state index contributed by atoms with van der Waals surface area (Å²) < 4.78 is 5.25. The Balaban J connectivity index is 0.000000236. The van der Waals surface area contributed by atoms with Crippen LogP contribution in [0, 0.1) is 13.8 Å². The number of hydrogen-bond donors (Lipinski definition) is 2. The number of imidazole rings is 1. The normalized spacial score (nSPS) is 14.1. The number of aliphatic hydroxyl groups is 1. The Kier molecular flexibility index (Phi) is 11.9. The van der Waals surface area contributed by atoms with Crippen LogP contribution in [-0.2, 0) is 6.54 Å². The van der Waals surface area contributed by atoms with E-state index in [2.05, 4.69) is 26.4 Å². The van der Waals surface area contributed by atoms with Crippen molar-refractivity contribution in [1.29, 1.82) is 0 Å². The number of carbonyl (C=O) groups is 1. The van der Waals surface area contributed by atoms with E-state index < -0.39 is 0 Å². The van der Waals surface area contributed by atoms with Gasteiger partial charge in [-0.15, -0.1) is 5.10 Å². The summed E-state index contributed by atoms with van der Waals surface area (Å²) in [5, 5.41) is 15.0. The van der Waals surface area contributed by atoms with Gasteiger partial charge in [0.25, 0.3) is 5.56 Å². The monoisotopic (exact) mass is 523 g/mol. The summed E-state index contributed by atoms with van der Waals surface area (Å²) in [5.74, 6) is 1.04. The second kappa shape index (κ2) is 14.8. The molecule has 0 unspecified atom stereocenters. The number of aryl methyl sites for hydroxylation is 1. The fourth-order valence-electron chi connectivity index (χ4n) is 4.36. The van der Waals surface area contributed by atoms with E-state index in [9.17, 15) is 9.59 Å². The van der Waals surface area contributed by atoms with E-state index in [0.717, 1.165) is 43.0 Å². The van der Waals surface area contributed by atoms with Gasteiger partial charge in [-0.2, -0.15) is 0 Å². The highest BCUT2D eigenvalue weighted by molar-refractivity contribution is 5.76. The number of rotatable bonds is 5. The standard InChI is InChI=1S/C13H14N2O2.C12H17N5.C2H6.CH4O/c1-3-14-10(2)12(9-16)13(17)15(14)11-7-5-4-6-8-11;1-9-7-14-11-3-4-12(15-17(9)11)16-6-5-10(8-16)13-2;2*1-2/h4-9H,3H2,1-2H3;3-4,7,10,13H,5-6,8H2,1-2H3;1-2H3;2H,1H3/t;10-;;/m.0../s1. The molecule has 0 spiro atoms. The van der Waals surface area contributed by atoms with Crippen molar-refractivity contribution in [2.45, 2.75) is 53.6 Å². The molecule has 10 heteroatoms. The van der Waals surface area contributed by atoms with E-state index in [0.29, 0.717) is 24.6 Å². The predicted molar refractivity (Wildman–Crippen MR) is 153 cm³/mol. The zero-order valence-corrected chi connectivity index (χ0v) is 23.5. The van der Waals surface area contributed by atoms with Gasteiger partial charge in [-0.05, 0) is 58.5 Å². The SMILES string of the molecule is CC.CCn1c(C)c(C=O)c(=O)n1-c1ccccc1.CN[C@H]1CCN(c2ccc3ncc(C)n3n2)C1.CO. The number of benzene rings is 1. The number of anilines is 1. The van der Waals surface area contributed by atoms with E-state index in [4.69, 9.17) is 5.11 Å². The van der Waals surface area contributed by atoms with Crippen LogP contribution in [0.2, 0.25) is 0 Å². The molecule has 0 bridgehead atoms. The molecule has 2 N–H and O–H groups in total. The van der Waals surface area contributed by atoms with Crippen LogP contribution in [0.3, 0.4) is 0 Å². The molecule has 0 radical (unpaired) electrons. The molecule has 10 nitrogen and oxygen atoms in total. The topological polar surface area (TPSA) is 110 Å². The highest BCUT2D eigenvalue weighted by Crippen LogP contribution is 2.18. The van der Waals surface area contributed by atoms with Crippen LogP contribution in [0.25, 0.3) is 11.3 Å². The summed E-state index contributed by atoms with van der Waals surface area (Å²) in [7, 11) is 3.02. The Morgan fingerprint density at radius 3 is 2.37 bits per heavy atom. The Morgan fingerprint density at radius 2 is 1.79 bits per heavy atom. The molecule has 0 amide bonds. The predicted octanol–water partition coefficient (Wildman–Crippen LogP) is 3.25. The van der Waals surface area contributed by atoms with Crippen molar-refractivity contribution in [2.75, 3.05) is 32.1 Å². The quantitative estimate of drug-likeness (QED) is 0.387. The highest BCUT2D eigenvalue weighted by Gasteiger charge is 2.22. The first-order valence-corrected chi connectivity index (χ1v) is 13.0. The largest absolute Gasteiger partial charge is 0.400 e. The molecule has 1 aliphatic heterocycles. The number of carbonyl (C=O) groups excluding carboxylic acids is 1. The zero-order valence-electron chi connectivity index (χ0n) is 23.5. The van der Waals surface area contributed by atoms with Crippen molar-refractivity contribution < 1.29 is 9.90 Å². The summed E-state index contributed by atoms with van der Waals surface area (Å²) in [5.41, 5.74) is 3.44. The van der Waals surface area contributed by atoms with Gasteiger partial charge in [-0.1, -0.05) is 32.0 Å². The smallest absolute Gasteiger partial charge is 0.282 e. The Bertz CT molecular complexity index is 1340. The fourth-order valence-corrected chi connectivity index (χ4v) is 4.36. The Morgan fingerprint density at radius 1 is 1.11 bits per heavy atom. The van der Waals surface area contributed by atoms with Gasteiger partial charge in [0.2, 0.25) is 0 Å². The van der Waals surface area contributed by atoms with E-state index in [1.54, 1.807) is 16.3 Å². The Hall–Kier alpha value is -3.76. The number of nitrogens with one attached hydrogen (secondary N) is 1. The lowest BCUT2D eigenvalue weighted by Gasteiger charge is -2.17. The first kappa shape index (κ1) is 30.5. The second-order valence-electron chi connectivity index (χ2n) is 8.37. The highest BCUT2D eigenvalue weighted by atomic mass is 16.2. The molecule has 1 atom stereocenters. The van der Waals surface area contributed by atoms with Crippen molar-refractivity contribution in [1.82, 2.24) is 29.3 Å². The molecular formula is C28H41N7O3. The number of hydrogen-bond acceptors (Lipinski definition) is 7. The zero-order chi connectivity index (χ0) is 28.2. The Labute approximate surface area is 224 Å². The molecule has 206 valence electrons. The molecule has 4 heterocycles. The molecule has 1 aromatic carbocycles. The minimum atomic E-state index is -0.259. The molecule has 1 aliphatic rings. The maximum absolute atomic E-state index is 12.1. The van der Waals surface area contributed by atoms with E-state index in [1.165, 1.54) is 6.42 Å². The molecule has 0 aliphatic carbocycles. The minimum absolute atomic E-state index is 0.232. The molecule has 0 saturated carbocycles. The third kappa shape index (κ3) is 6.56. The first-order chi connectivity index (χ1) is 18.5. The van der Waals surface area contributed by atoms with Crippen LogP contribution in [0.1, 0.15) is 48.9 Å². The number of fused-ring (bicyclic) bond motifs is 1. The first-order valence-electron chi connectivity index (χ1n) is 13.0. The minimum Gasteiger partial charge on any atom is -0.400 e. The summed E-state index contributed by atoms with van der Waals surface area (Å²) in [4.78, 5) is 29.7. The van der Waals surface area contributed by atoms with Crippen LogP contribution in [0.5, 0.6) is 0 Å². The van der Waals surface area contributed by atoms with Crippen LogP contribution in [-0.4, -0.2) is 68.6 Å². The molecule has 1 fully saturated rings. The summed E-state index contributed by atoms with van der Waals surface area (Å²) in [6, 6.07) is 14.0. The van der Waals surface area contributed by atoms with Gasteiger partial charge in [0.1, 0.15) is 11.4 Å². The summed E-state index contributed by atoms with van der Waals surface area (Å²) in [6.45, 7) is 12.5. The summed E-state index contributed by atoms with van der Waals surface area (Å²) in [6.07, 6.45) is 3.66. The average molecular weight is 524 g/mol. The van der Waals surface area contributed by atoms with Gasteiger partial charge in [0, 0.05) is 38.5 Å². The third-order valence-electron chi connectivity index (χ3n) is 6.30. The van der Waals surface area contributed by atoms with Gasteiger partial charge >= 0.3 is 0 Å². The molecular weight excluding hydrogens is 482 g/mol.